The molecule has 0 aliphatic heterocycles. The molecule has 0 aromatic heterocycles. The molecular weight excluding hydrogens is 174 g/mol. The van der Waals surface area contributed by atoms with Crippen LogP contribution in [-0.2, 0) is 0 Å². The van der Waals surface area contributed by atoms with Crippen molar-refractivity contribution in [3.8, 4) is 0 Å². The predicted molar refractivity (Wildman–Crippen MR) is 61.5 cm³/mol. The van der Waals surface area contributed by atoms with Crippen LogP contribution in [0, 0.1) is 11.3 Å². The summed E-state index contributed by atoms with van der Waals surface area (Å²) in [5.41, 5.74) is -0.0988. The SMILES string of the molecule is CC(C)C(N(O)C(C)(C)C)C(C)(C)C. The Labute approximate surface area is 89.3 Å². The van der Waals surface area contributed by atoms with Gasteiger partial charge in [-0.25, -0.2) is 0 Å². The molecule has 0 spiro atoms. The quantitative estimate of drug-likeness (QED) is 0.691. The third-order valence-corrected chi connectivity index (χ3v) is 2.47. The molecule has 1 N–H and O–H groups in total. The fourth-order valence-electron chi connectivity index (χ4n) is 2.07. The molecule has 0 aromatic rings. The molecule has 14 heavy (non-hydrogen) atoms. The average Bonchev–Trinajstić information content (AvgIpc) is 1.79. The van der Waals surface area contributed by atoms with E-state index in [1.54, 1.807) is 0 Å². The Bertz CT molecular complexity index is 174. The van der Waals surface area contributed by atoms with Crippen LogP contribution in [0.5, 0.6) is 0 Å². The maximum absolute atomic E-state index is 10.2. The lowest BCUT2D eigenvalue weighted by Gasteiger charge is -2.45. The van der Waals surface area contributed by atoms with Gasteiger partial charge in [0.2, 0.25) is 0 Å². The minimum absolute atomic E-state index is 0.0934. The van der Waals surface area contributed by atoms with E-state index in [1.165, 1.54) is 5.06 Å². The third kappa shape index (κ3) is 3.58. The average molecular weight is 201 g/mol. The first-order valence-corrected chi connectivity index (χ1v) is 5.46. The van der Waals surface area contributed by atoms with E-state index in [0.29, 0.717) is 5.92 Å². The van der Waals surface area contributed by atoms with Crippen molar-refractivity contribution in [3.05, 3.63) is 0 Å². The molecule has 1 unspecified atom stereocenters. The van der Waals surface area contributed by atoms with Crippen LogP contribution in [0.2, 0.25) is 0 Å². The van der Waals surface area contributed by atoms with Gasteiger partial charge in [-0.05, 0) is 32.1 Å². The molecule has 0 heterocycles. The van der Waals surface area contributed by atoms with Crippen molar-refractivity contribution in [2.45, 2.75) is 67.0 Å². The van der Waals surface area contributed by atoms with Crippen LogP contribution in [-0.4, -0.2) is 21.9 Å². The maximum Gasteiger partial charge on any atom is 0.0427 e. The minimum atomic E-state index is -0.192. The van der Waals surface area contributed by atoms with Crippen molar-refractivity contribution in [2.24, 2.45) is 11.3 Å². The molecule has 0 radical (unpaired) electrons. The summed E-state index contributed by atoms with van der Waals surface area (Å²) in [5, 5.41) is 11.7. The normalized spacial score (nSPS) is 16.5. The summed E-state index contributed by atoms with van der Waals surface area (Å²) in [4.78, 5) is 0. The van der Waals surface area contributed by atoms with E-state index >= 15 is 0 Å². The maximum atomic E-state index is 10.2. The Morgan fingerprint density at radius 1 is 0.929 bits per heavy atom. The van der Waals surface area contributed by atoms with Gasteiger partial charge in [-0.15, -0.1) is 0 Å². The van der Waals surface area contributed by atoms with Gasteiger partial charge in [-0.1, -0.05) is 34.6 Å². The summed E-state index contributed by atoms with van der Waals surface area (Å²) >= 11 is 0. The second-order valence-electron chi connectivity index (χ2n) is 6.57. The molecule has 0 bridgehead atoms. The number of hydrogen-bond donors (Lipinski definition) is 1. The monoisotopic (exact) mass is 201 g/mol. The van der Waals surface area contributed by atoms with Crippen LogP contribution in [0.3, 0.4) is 0 Å². The highest BCUT2D eigenvalue weighted by atomic mass is 16.5. The van der Waals surface area contributed by atoms with E-state index in [1.807, 2.05) is 20.8 Å². The number of nitrogens with zero attached hydrogens (tertiary/aromatic N) is 1. The summed E-state index contributed by atoms with van der Waals surface area (Å²) in [7, 11) is 0. The van der Waals surface area contributed by atoms with E-state index in [4.69, 9.17) is 0 Å². The van der Waals surface area contributed by atoms with Gasteiger partial charge in [0.15, 0.2) is 0 Å². The molecule has 2 heteroatoms. The second kappa shape index (κ2) is 4.19. The number of rotatable bonds is 2. The van der Waals surface area contributed by atoms with E-state index < -0.39 is 0 Å². The van der Waals surface area contributed by atoms with Gasteiger partial charge >= 0.3 is 0 Å². The first-order chi connectivity index (χ1) is 5.98. The lowest BCUT2D eigenvalue weighted by Crippen LogP contribution is -2.53. The lowest BCUT2D eigenvalue weighted by atomic mass is 9.78. The van der Waals surface area contributed by atoms with E-state index in [9.17, 15) is 5.21 Å². The predicted octanol–water partition coefficient (Wildman–Crippen LogP) is 3.55. The summed E-state index contributed by atoms with van der Waals surface area (Å²) in [6.07, 6.45) is 0. The van der Waals surface area contributed by atoms with E-state index in [2.05, 4.69) is 34.6 Å². The second-order valence-corrected chi connectivity index (χ2v) is 6.57. The van der Waals surface area contributed by atoms with Crippen LogP contribution in [0.25, 0.3) is 0 Å². The molecule has 0 saturated heterocycles. The van der Waals surface area contributed by atoms with Crippen LogP contribution in [0.15, 0.2) is 0 Å². The van der Waals surface area contributed by atoms with Crippen molar-refractivity contribution in [1.29, 1.82) is 0 Å². The van der Waals surface area contributed by atoms with Crippen molar-refractivity contribution in [3.63, 3.8) is 0 Å². The molecule has 0 amide bonds. The van der Waals surface area contributed by atoms with Crippen molar-refractivity contribution < 1.29 is 5.21 Å². The van der Waals surface area contributed by atoms with Crippen LogP contribution < -0.4 is 0 Å². The molecule has 0 aliphatic carbocycles. The van der Waals surface area contributed by atoms with Crippen molar-refractivity contribution in [1.82, 2.24) is 5.06 Å². The molecule has 0 aliphatic rings. The molecule has 0 aromatic carbocycles. The van der Waals surface area contributed by atoms with Crippen LogP contribution in [0.4, 0.5) is 0 Å². The highest BCUT2D eigenvalue weighted by molar-refractivity contribution is 4.87. The number of hydroxylamine groups is 2. The van der Waals surface area contributed by atoms with Gasteiger partial charge in [0, 0.05) is 11.6 Å². The molecular formula is C12H27NO. The summed E-state index contributed by atoms with van der Waals surface area (Å²) in [6, 6.07) is 0.183. The molecule has 86 valence electrons. The molecule has 0 saturated carbocycles. The molecule has 1 atom stereocenters. The standard InChI is InChI=1S/C12H27NO/c1-9(2)10(11(3,4)5)13(14)12(6,7)8/h9-10,14H,1-8H3. The Morgan fingerprint density at radius 2 is 1.29 bits per heavy atom. The topological polar surface area (TPSA) is 23.5 Å². The van der Waals surface area contributed by atoms with Gasteiger partial charge in [0.1, 0.15) is 0 Å². The zero-order valence-corrected chi connectivity index (χ0v) is 11.0. The largest absolute Gasteiger partial charge is 0.313 e. The molecule has 2 nitrogen and oxygen atoms in total. The summed E-state index contributed by atoms with van der Waals surface area (Å²) in [6.45, 7) is 16.9. The van der Waals surface area contributed by atoms with Crippen LogP contribution in [0.1, 0.15) is 55.4 Å². The highest BCUT2D eigenvalue weighted by Crippen LogP contribution is 2.32. The smallest absolute Gasteiger partial charge is 0.0427 e. The number of hydrogen-bond acceptors (Lipinski definition) is 2. The summed E-state index contributed by atoms with van der Waals surface area (Å²) < 4.78 is 0. The fourth-order valence-corrected chi connectivity index (χ4v) is 2.07. The Hall–Kier alpha value is -0.0800. The minimum Gasteiger partial charge on any atom is -0.313 e. The van der Waals surface area contributed by atoms with Crippen molar-refractivity contribution in [2.75, 3.05) is 0 Å². The van der Waals surface area contributed by atoms with E-state index in [-0.39, 0.29) is 17.0 Å². The van der Waals surface area contributed by atoms with Gasteiger partial charge in [0.25, 0.3) is 0 Å². The van der Waals surface area contributed by atoms with Gasteiger partial charge in [-0.3, -0.25) is 0 Å². The first kappa shape index (κ1) is 13.9. The molecule has 0 rings (SSSR count). The van der Waals surface area contributed by atoms with Gasteiger partial charge < -0.3 is 5.21 Å². The zero-order chi connectivity index (χ0) is 11.7. The Balaban J connectivity index is 4.86. The van der Waals surface area contributed by atoms with E-state index in [0.717, 1.165) is 0 Å². The lowest BCUT2D eigenvalue weighted by molar-refractivity contribution is -0.219. The zero-order valence-electron chi connectivity index (χ0n) is 11.0. The Kier molecular flexibility index (Phi) is 4.17. The first-order valence-electron chi connectivity index (χ1n) is 5.46. The third-order valence-electron chi connectivity index (χ3n) is 2.47. The molecule has 0 fully saturated rings. The van der Waals surface area contributed by atoms with Crippen molar-refractivity contribution >= 4 is 0 Å². The fraction of sp³-hybridized carbons (Fsp3) is 1.00. The van der Waals surface area contributed by atoms with Gasteiger partial charge in [0.05, 0.1) is 0 Å². The highest BCUT2D eigenvalue weighted by Gasteiger charge is 2.37. The van der Waals surface area contributed by atoms with Gasteiger partial charge in [-0.2, -0.15) is 5.06 Å². The Morgan fingerprint density at radius 3 is 1.36 bits per heavy atom. The summed E-state index contributed by atoms with van der Waals surface area (Å²) in [5.74, 6) is 0.444. The van der Waals surface area contributed by atoms with Crippen LogP contribution >= 0.6 is 0 Å².